The molecule has 2 saturated heterocycles. The average molecular weight is 375 g/mol. The van der Waals surface area contributed by atoms with Gasteiger partial charge >= 0.3 is 0 Å². The van der Waals surface area contributed by atoms with E-state index in [1.807, 2.05) is 23.5 Å². The standard InChI is InChI=1S/C12H22N2O3S3.ClH/c1-20(16,17)12(2-4-13-5-3-12)11(15)14-8-10-9-18-6-7-19-10;/h10,13H,2-9H2,1H3,(H,14,15);1H. The minimum absolute atomic E-state index is 0. The van der Waals surface area contributed by atoms with E-state index in [2.05, 4.69) is 10.6 Å². The number of carbonyl (C=O) groups excluding carboxylic acids is 1. The predicted octanol–water partition coefficient (Wildman–Crippen LogP) is 0.540. The zero-order valence-corrected chi connectivity index (χ0v) is 15.4. The van der Waals surface area contributed by atoms with Gasteiger partial charge in [-0.15, -0.1) is 12.4 Å². The van der Waals surface area contributed by atoms with Crippen LogP contribution in [0.2, 0.25) is 0 Å². The molecule has 1 atom stereocenters. The molecule has 124 valence electrons. The smallest absolute Gasteiger partial charge is 0.241 e. The lowest BCUT2D eigenvalue weighted by Gasteiger charge is -2.35. The van der Waals surface area contributed by atoms with E-state index in [9.17, 15) is 13.2 Å². The van der Waals surface area contributed by atoms with Gasteiger partial charge in [-0.25, -0.2) is 8.42 Å². The van der Waals surface area contributed by atoms with Crippen molar-refractivity contribution in [3.05, 3.63) is 0 Å². The molecule has 2 heterocycles. The van der Waals surface area contributed by atoms with Crippen molar-refractivity contribution in [1.29, 1.82) is 0 Å². The molecular weight excluding hydrogens is 352 g/mol. The summed E-state index contributed by atoms with van der Waals surface area (Å²) in [6.45, 7) is 1.73. The molecule has 2 aliphatic rings. The van der Waals surface area contributed by atoms with Crippen LogP contribution in [-0.2, 0) is 14.6 Å². The maximum Gasteiger partial charge on any atom is 0.241 e. The van der Waals surface area contributed by atoms with Crippen molar-refractivity contribution in [3.8, 4) is 0 Å². The van der Waals surface area contributed by atoms with Crippen molar-refractivity contribution >= 4 is 51.7 Å². The third-order valence-corrected chi connectivity index (χ3v) is 8.77. The van der Waals surface area contributed by atoms with Gasteiger partial charge in [0.15, 0.2) is 14.6 Å². The predicted molar refractivity (Wildman–Crippen MR) is 93.5 cm³/mol. The molecule has 0 bridgehead atoms. The van der Waals surface area contributed by atoms with E-state index < -0.39 is 14.6 Å². The maximum atomic E-state index is 12.5. The van der Waals surface area contributed by atoms with Crippen molar-refractivity contribution in [2.24, 2.45) is 0 Å². The number of thioether (sulfide) groups is 2. The first kappa shape index (κ1) is 19.4. The number of halogens is 1. The Morgan fingerprint density at radius 2 is 2.00 bits per heavy atom. The molecule has 0 aromatic heterocycles. The van der Waals surface area contributed by atoms with Crippen LogP contribution < -0.4 is 10.6 Å². The van der Waals surface area contributed by atoms with E-state index in [0.717, 1.165) is 17.3 Å². The van der Waals surface area contributed by atoms with Gasteiger partial charge in [0.2, 0.25) is 5.91 Å². The van der Waals surface area contributed by atoms with Crippen molar-refractivity contribution in [2.45, 2.75) is 22.8 Å². The fourth-order valence-electron chi connectivity index (χ4n) is 2.62. The minimum Gasteiger partial charge on any atom is -0.354 e. The van der Waals surface area contributed by atoms with Crippen LogP contribution in [0.5, 0.6) is 0 Å². The Hall–Kier alpha value is 0.370. The van der Waals surface area contributed by atoms with Gasteiger partial charge in [0.1, 0.15) is 0 Å². The highest BCUT2D eigenvalue weighted by atomic mass is 35.5. The Balaban J connectivity index is 0.00000220. The molecule has 0 saturated carbocycles. The summed E-state index contributed by atoms with van der Waals surface area (Å²) in [5.74, 6) is 2.98. The second kappa shape index (κ2) is 8.29. The number of hydrogen-bond acceptors (Lipinski definition) is 6. The number of rotatable bonds is 4. The Morgan fingerprint density at radius 1 is 1.33 bits per heavy atom. The summed E-state index contributed by atoms with van der Waals surface area (Å²) < 4.78 is 23.0. The first-order valence-corrected chi connectivity index (χ1v) is 10.9. The van der Waals surface area contributed by atoms with Gasteiger partial charge in [0.25, 0.3) is 0 Å². The first-order valence-electron chi connectivity index (χ1n) is 6.84. The summed E-state index contributed by atoms with van der Waals surface area (Å²) >= 11 is 3.76. The van der Waals surface area contributed by atoms with Crippen LogP contribution in [0, 0.1) is 0 Å². The minimum atomic E-state index is -3.40. The fourth-order valence-corrected chi connectivity index (χ4v) is 6.59. The largest absolute Gasteiger partial charge is 0.354 e. The molecule has 1 unspecified atom stereocenters. The fraction of sp³-hybridized carbons (Fsp3) is 0.917. The van der Waals surface area contributed by atoms with Crippen LogP contribution in [0.15, 0.2) is 0 Å². The van der Waals surface area contributed by atoms with Crippen molar-refractivity contribution in [3.63, 3.8) is 0 Å². The molecule has 21 heavy (non-hydrogen) atoms. The third kappa shape index (κ3) is 4.67. The second-order valence-electron chi connectivity index (χ2n) is 5.29. The topological polar surface area (TPSA) is 75.3 Å². The zero-order chi connectivity index (χ0) is 14.6. The van der Waals surface area contributed by atoms with Crippen LogP contribution in [0.3, 0.4) is 0 Å². The molecule has 9 heteroatoms. The number of nitrogens with one attached hydrogen (secondary N) is 2. The van der Waals surface area contributed by atoms with Crippen LogP contribution in [0.4, 0.5) is 0 Å². The summed E-state index contributed by atoms with van der Waals surface area (Å²) in [7, 11) is -3.40. The molecule has 0 aromatic rings. The number of carbonyl (C=O) groups is 1. The first-order chi connectivity index (χ1) is 9.46. The van der Waals surface area contributed by atoms with Gasteiger partial charge < -0.3 is 10.6 Å². The highest BCUT2D eigenvalue weighted by Crippen LogP contribution is 2.28. The molecule has 2 aliphatic heterocycles. The zero-order valence-electron chi connectivity index (χ0n) is 12.1. The summed E-state index contributed by atoms with van der Waals surface area (Å²) in [5, 5.41) is 6.41. The second-order valence-corrected chi connectivity index (χ2v) is 10.2. The monoisotopic (exact) mass is 374 g/mol. The van der Waals surface area contributed by atoms with Gasteiger partial charge in [-0.1, -0.05) is 0 Å². The Kier molecular flexibility index (Phi) is 7.66. The summed E-state index contributed by atoms with van der Waals surface area (Å²) in [6.07, 6.45) is 1.91. The highest BCUT2D eigenvalue weighted by molar-refractivity contribution is 8.06. The Bertz CT molecular complexity index is 447. The molecule has 0 spiro atoms. The highest BCUT2D eigenvalue weighted by Gasteiger charge is 2.48. The van der Waals surface area contributed by atoms with Gasteiger partial charge in [0.05, 0.1) is 0 Å². The average Bonchev–Trinajstić information content (AvgIpc) is 2.45. The molecule has 2 N–H and O–H groups in total. The number of piperidine rings is 1. The third-order valence-electron chi connectivity index (χ3n) is 3.91. The Morgan fingerprint density at radius 3 is 2.52 bits per heavy atom. The molecule has 2 rings (SSSR count). The van der Waals surface area contributed by atoms with Crippen molar-refractivity contribution in [1.82, 2.24) is 10.6 Å². The van der Waals surface area contributed by atoms with Crippen LogP contribution >= 0.6 is 35.9 Å². The van der Waals surface area contributed by atoms with E-state index in [0.29, 0.717) is 37.7 Å². The van der Waals surface area contributed by atoms with Crippen molar-refractivity contribution < 1.29 is 13.2 Å². The van der Waals surface area contributed by atoms with Crippen LogP contribution in [-0.4, -0.2) is 67.5 Å². The van der Waals surface area contributed by atoms with E-state index in [1.54, 1.807) is 0 Å². The number of amides is 1. The number of hydrogen-bond donors (Lipinski definition) is 2. The molecule has 1 amide bonds. The summed E-state index contributed by atoms with van der Waals surface area (Å²) in [6, 6.07) is 0. The quantitative estimate of drug-likeness (QED) is 0.748. The molecule has 0 aromatic carbocycles. The maximum absolute atomic E-state index is 12.5. The molecular formula is C12H23ClN2O3S3. The lowest BCUT2D eigenvalue weighted by atomic mass is 9.96. The lowest BCUT2D eigenvalue weighted by Crippen LogP contribution is -2.58. The summed E-state index contributed by atoms with van der Waals surface area (Å²) in [5.41, 5.74) is 0. The lowest BCUT2D eigenvalue weighted by molar-refractivity contribution is -0.124. The van der Waals surface area contributed by atoms with Gasteiger partial charge in [0, 0.05) is 35.3 Å². The van der Waals surface area contributed by atoms with E-state index in [1.165, 1.54) is 6.26 Å². The van der Waals surface area contributed by atoms with Gasteiger partial charge in [-0.2, -0.15) is 23.5 Å². The SMILES string of the molecule is CS(=O)(=O)C1(C(=O)NCC2CSCCS2)CCNCC1.Cl. The van der Waals surface area contributed by atoms with E-state index >= 15 is 0 Å². The molecule has 0 aliphatic carbocycles. The van der Waals surface area contributed by atoms with Crippen LogP contribution in [0.1, 0.15) is 12.8 Å². The van der Waals surface area contributed by atoms with E-state index in [4.69, 9.17) is 0 Å². The van der Waals surface area contributed by atoms with Crippen molar-refractivity contribution in [2.75, 3.05) is 43.1 Å². The number of sulfone groups is 1. The van der Waals surface area contributed by atoms with Gasteiger partial charge in [-0.3, -0.25) is 4.79 Å². The Labute approximate surface area is 141 Å². The molecule has 2 fully saturated rings. The van der Waals surface area contributed by atoms with Crippen LogP contribution in [0.25, 0.3) is 0 Å². The normalized spacial score (nSPS) is 25.7. The molecule has 5 nitrogen and oxygen atoms in total. The molecule has 0 radical (unpaired) electrons. The van der Waals surface area contributed by atoms with Gasteiger partial charge in [-0.05, 0) is 25.9 Å². The van der Waals surface area contributed by atoms with E-state index in [-0.39, 0.29) is 18.3 Å². The summed E-state index contributed by atoms with van der Waals surface area (Å²) in [4.78, 5) is 12.5.